The number of carbonyl (C=O) groups excluding carboxylic acids is 1. The molecule has 1 unspecified atom stereocenters. The topological polar surface area (TPSA) is 81.8 Å². The molecular formula is C18H27N5O4. The lowest BCUT2D eigenvalue weighted by Crippen LogP contribution is -2.47. The van der Waals surface area contributed by atoms with Gasteiger partial charge in [-0.05, 0) is 19.3 Å². The lowest BCUT2D eigenvalue weighted by molar-refractivity contribution is -0.134. The molecule has 4 aliphatic rings. The van der Waals surface area contributed by atoms with E-state index in [1.54, 1.807) is 9.25 Å². The second-order valence-corrected chi connectivity index (χ2v) is 8.22. The van der Waals surface area contributed by atoms with E-state index in [-0.39, 0.29) is 17.5 Å². The number of rotatable bonds is 4. The lowest BCUT2D eigenvalue weighted by Gasteiger charge is -2.33. The molecule has 1 atom stereocenters. The van der Waals surface area contributed by atoms with Crippen molar-refractivity contribution in [1.82, 2.24) is 24.1 Å². The summed E-state index contributed by atoms with van der Waals surface area (Å²) in [6, 6.07) is 0. The van der Waals surface area contributed by atoms with E-state index < -0.39 is 5.60 Å². The van der Waals surface area contributed by atoms with Gasteiger partial charge in [0.05, 0.1) is 32.8 Å². The Hall–Kier alpha value is -1.71. The van der Waals surface area contributed by atoms with Crippen molar-refractivity contribution in [1.29, 1.82) is 0 Å². The van der Waals surface area contributed by atoms with Crippen LogP contribution in [0.25, 0.3) is 0 Å². The molecule has 5 rings (SSSR count). The highest BCUT2D eigenvalue weighted by Gasteiger charge is 2.47. The van der Waals surface area contributed by atoms with Gasteiger partial charge in [-0.1, -0.05) is 0 Å². The second kappa shape index (κ2) is 6.72. The summed E-state index contributed by atoms with van der Waals surface area (Å²) in [5, 5.41) is 4.49. The van der Waals surface area contributed by atoms with Crippen LogP contribution in [0.5, 0.6) is 0 Å². The average Bonchev–Trinajstić information content (AvgIpc) is 3.40. The molecule has 2 saturated heterocycles. The minimum absolute atomic E-state index is 0.0621. The largest absolute Gasteiger partial charge is 0.379 e. The van der Waals surface area contributed by atoms with Gasteiger partial charge in [-0.3, -0.25) is 14.3 Å². The molecule has 4 heterocycles. The average molecular weight is 377 g/mol. The molecule has 148 valence electrons. The molecule has 0 radical (unpaired) electrons. The van der Waals surface area contributed by atoms with Gasteiger partial charge >= 0.3 is 5.69 Å². The highest BCUT2D eigenvalue weighted by molar-refractivity contribution is 5.81. The van der Waals surface area contributed by atoms with E-state index in [1.165, 1.54) is 0 Å². The zero-order chi connectivity index (χ0) is 18.4. The van der Waals surface area contributed by atoms with Gasteiger partial charge in [0.2, 0.25) is 5.91 Å². The van der Waals surface area contributed by atoms with Gasteiger partial charge in [-0.25, -0.2) is 9.48 Å². The molecule has 1 aromatic heterocycles. The van der Waals surface area contributed by atoms with Crippen molar-refractivity contribution >= 4 is 5.91 Å². The summed E-state index contributed by atoms with van der Waals surface area (Å²) in [5.41, 5.74) is -0.493. The van der Waals surface area contributed by atoms with E-state index in [0.717, 1.165) is 58.7 Å². The van der Waals surface area contributed by atoms with Crippen molar-refractivity contribution in [3.05, 3.63) is 16.3 Å². The Morgan fingerprint density at radius 2 is 1.96 bits per heavy atom. The van der Waals surface area contributed by atoms with Gasteiger partial charge in [0.15, 0.2) is 5.82 Å². The molecular weight excluding hydrogens is 350 g/mol. The van der Waals surface area contributed by atoms with Crippen molar-refractivity contribution in [2.75, 3.05) is 45.9 Å². The summed E-state index contributed by atoms with van der Waals surface area (Å²) in [7, 11) is 0. The van der Waals surface area contributed by atoms with Gasteiger partial charge in [-0.15, -0.1) is 0 Å². The van der Waals surface area contributed by atoms with Gasteiger partial charge in [0.1, 0.15) is 12.2 Å². The Bertz CT molecular complexity index is 779. The number of hydrogen-bond donors (Lipinski definition) is 0. The maximum absolute atomic E-state index is 12.8. The molecule has 9 heteroatoms. The first-order valence-electron chi connectivity index (χ1n) is 10.0. The third-order valence-corrected chi connectivity index (χ3v) is 6.24. The highest BCUT2D eigenvalue weighted by Crippen LogP contribution is 2.36. The van der Waals surface area contributed by atoms with Crippen LogP contribution in [-0.2, 0) is 34.0 Å². The van der Waals surface area contributed by atoms with Gasteiger partial charge in [-0.2, -0.15) is 5.10 Å². The van der Waals surface area contributed by atoms with Crippen molar-refractivity contribution in [2.24, 2.45) is 5.92 Å². The van der Waals surface area contributed by atoms with E-state index in [9.17, 15) is 9.59 Å². The van der Waals surface area contributed by atoms with Crippen LogP contribution in [0.1, 0.15) is 25.1 Å². The van der Waals surface area contributed by atoms with Crippen molar-refractivity contribution < 1.29 is 14.3 Å². The lowest BCUT2D eigenvalue weighted by atomic mass is 10.0. The third-order valence-electron chi connectivity index (χ3n) is 6.24. The number of hydrogen-bond acceptors (Lipinski definition) is 6. The maximum Gasteiger partial charge on any atom is 0.346 e. The second-order valence-electron chi connectivity index (χ2n) is 8.22. The van der Waals surface area contributed by atoms with E-state index >= 15 is 0 Å². The van der Waals surface area contributed by atoms with Gasteiger partial charge < -0.3 is 14.4 Å². The highest BCUT2D eigenvalue weighted by atomic mass is 16.5. The van der Waals surface area contributed by atoms with Crippen LogP contribution in [0.4, 0.5) is 0 Å². The van der Waals surface area contributed by atoms with Gasteiger partial charge in [0, 0.05) is 32.1 Å². The standard InChI is InChI=1S/C18H27N5O4/c24-16(14-1-2-14)21-4-3-18(12-21)13-22-15(11-27-18)19-23(17(22)25)6-5-20-7-9-26-10-8-20/h14H,1-13H2. The van der Waals surface area contributed by atoms with E-state index in [2.05, 4.69) is 10.00 Å². The van der Waals surface area contributed by atoms with E-state index in [4.69, 9.17) is 9.47 Å². The number of aromatic nitrogens is 3. The molecule has 27 heavy (non-hydrogen) atoms. The number of morpholine rings is 1. The molecule has 1 aromatic rings. The molecule has 1 spiro atoms. The Balaban J connectivity index is 1.26. The normalized spacial score (nSPS) is 28.7. The van der Waals surface area contributed by atoms with E-state index in [1.807, 2.05) is 4.90 Å². The predicted molar refractivity (Wildman–Crippen MR) is 95.2 cm³/mol. The Kier molecular flexibility index (Phi) is 4.33. The Morgan fingerprint density at radius 3 is 2.74 bits per heavy atom. The summed E-state index contributed by atoms with van der Waals surface area (Å²) in [5.74, 6) is 1.18. The molecule has 0 N–H and O–H groups in total. The third kappa shape index (κ3) is 3.32. The fourth-order valence-electron chi connectivity index (χ4n) is 4.38. The maximum atomic E-state index is 12.8. The summed E-state index contributed by atoms with van der Waals surface area (Å²) in [4.78, 5) is 29.4. The first kappa shape index (κ1) is 17.4. The van der Waals surface area contributed by atoms with Crippen LogP contribution < -0.4 is 5.69 Å². The predicted octanol–water partition coefficient (Wildman–Crippen LogP) is -0.712. The number of ether oxygens (including phenoxy) is 2. The molecule has 1 amide bonds. The van der Waals surface area contributed by atoms with Gasteiger partial charge in [0.25, 0.3) is 0 Å². The Labute approximate surface area is 157 Å². The molecule has 0 bridgehead atoms. The zero-order valence-electron chi connectivity index (χ0n) is 15.6. The van der Waals surface area contributed by atoms with Crippen LogP contribution in [-0.4, -0.2) is 81.6 Å². The fraction of sp³-hybridized carbons (Fsp3) is 0.833. The van der Waals surface area contributed by atoms with Crippen LogP contribution in [0.2, 0.25) is 0 Å². The SMILES string of the molecule is O=C(C1CC1)N1CCC2(C1)Cn1c(nn(CCN3CCOCC3)c1=O)CO2. The number of amides is 1. The summed E-state index contributed by atoms with van der Waals surface area (Å²) < 4.78 is 14.8. The smallest absolute Gasteiger partial charge is 0.346 e. The van der Waals surface area contributed by atoms with Crippen LogP contribution in [0.15, 0.2) is 4.79 Å². The quantitative estimate of drug-likeness (QED) is 0.689. The first-order chi connectivity index (χ1) is 13.1. The molecule has 3 aliphatic heterocycles. The van der Waals surface area contributed by atoms with Crippen molar-refractivity contribution in [3.8, 4) is 0 Å². The number of carbonyl (C=O) groups is 1. The summed E-state index contributed by atoms with van der Waals surface area (Å²) >= 11 is 0. The van der Waals surface area contributed by atoms with Crippen LogP contribution >= 0.6 is 0 Å². The van der Waals surface area contributed by atoms with Crippen LogP contribution in [0, 0.1) is 5.92 Å². The first-order valence-corrected chi connectivity index (χ1v) is 10.0. The van der Waals surface area contributed by atoms with Crippen molar-refractivity contribution in [2.45, 2.75) is 44.6 Å². The monoisotopic (exact) mass is 377 g/mol. The van der Waals surface area contributed by atoms with E-state index in [0.29, 0.717) is 32.1 Å². The summed E-state index contributed by atoms with van der Waals surface area (Å²) in [6.45, 7) is 6.84. The van der Waals surface area contributed by atoms with Crippen LogP contribution in [0.3, 0.4) is 0 Å². The molecule has 1 aliphatic carbocycles. The fourth-order valence-corrected chi connectivity index (χ4v) is 4.38. The number of likely N-dealkylation sites (tertiary alicyclic amines) is 1. The summed E-state index contributed by atoms with van der Waals surface area (Å²) in [6.07, 6.45) is 2.82. The van der Waals surface area contributed by atoms with Crippen molar-refractivity contribution in [3.63, 3.8) is 0 Å². The molecule has 3 fully saturated rings. The molecule has 9 nitrogen and oxygen atoms in total. The minimum Gasteiger partial charge on any atom is -0.379 e. The minimum atomic E-state index is -0.431. The Morgan fingerprint density at radius 1 is 1.15 bits per heavy atom. The zero-order valence-corrected chi connectivity index (χ0v) is 15.6. The number of fused-ring (bicyclic) bond motifs is 1. The molecule has 1 saturated carbocycles. The molecule has 0 aromatic carbocycles. The number of nitrogens with zero attached hydrogens (tertiary/aromatic N) is 5.